The lowest BCUT2D eigenvalue weighted by Crippen LogP contribution is -2.16. The second-order valence-corrected chi connectivity index (χ2v) is 8.09. The molecule has 0 radical (unpaired) electrons. The summed E-state index contributed by atoms with van der Waals surface area (Å²) < 4.78 is 44.5. The van der Waals surface area contributed by atoms with Crippen molar-refractivity contribution in [2.24, 2.45) is 5.92 Å². The van der Waals surface area contributed by atoms with Gasteiger partial charge in [-0.15, -0.1) is 0 Å². The molecule has 3 aromatic carbocycles. The number of carbonyl (C=O) groups excluding carboxylic acids is 2. The molecule has 3 aromatic rings. The molecule has 0 aromatic heterocycles. The zero-order valence-corrected chi connectivity index (χ0v) is 18.8. The van der Waals surface area contributed by atoms with Gasteiger partial charge in [0.25, 0.3) is 11.8 Å². The fourth-order valence-corrected chi connectivity index (χ4v) is 3.10. The maximum atomic E-state index is 12.9. The van der Waals surface area contributed by atoms with Crippen LogP contribution in [0.1, 0.15) is 46.5 Å². The van der Waals surface area contributed by atoms with E-state index in [1.807, 2.05) is 0 Å². The van der Waals surface area contributed by atoms with Crippen molar-refractivity contribution < 1.29 is 27.5 Å². The summed E-state index contributed by atoms with van der Waals surface area (Å²) in [5, 5.41) is 5.19. The van der Waals surface area contributed by atoms with E-state index in [1.165, 1.54) is 24.3 Å². The van der Waals surface area contributed by atoms with Crippen molar-refractivity contribution in [3.63, 3.8) is 0 Å². The summed E-state index contributed by atoms with van der Waals surface area (Å²) in [5.74, 6) is -0.0895. The number of anilines is 2. The van der Waals surface area contributed by atoms with Gasteiger partial charge in [-0.1, -0.05) is 38.1 Å². The minimum absolute atomic E-state index is 0.0155. The van der Waals surface area contributed by atoms with E-state index in [2.05, 4.69) is 24.5 Å². The van der Waals surface area contributed by atoms with E-state index in [0.29, 0.717) is 29.5 Å². The van der Waals surface area contributed by atoms with Gasteiger partial charge in [-0.25, -0.2) is 0 Å². The van der Waals surface area contributed by atoms with Gasteiger partial charge in [0.05, 0.1) is 17.7 Å². The Bertz CT molecular complexity index is 1160. The van der Waals surface area contributed by atoms with Gasteiger partial charge in [-0.05, 0) is 60.9 Å². The average molecular weight is 470 g/mol. The lowest BCUT2D eigenvalue weighted by Gasteiger charge is -2.13. The normalized spacial score (nSPS) is 11.2. The Morgan fingerprint density at radius 2 is 1.50 bits per heavy atom. The number of nitrogens with one attached hydrogen (secondary N) is 2. The van der Waals surface area contributed by atoms with Crippen LogP contribution in [0.15, 0.2) is 72.8 Å². The smallest absolute Gasteiger partial charge is 0.416 e. The van der Waals surface area contributed by atoms with Crippen molar-refractivity contribution in [1.82, 2.24) is 0 Å². The molecule has 0 saturated carbocycles. The molecule has 178 valence electrons. The van der Waals surface area contributed by atoms with Crippen LogP contribution in [0.5, 0.6) is 5.75 Å². The molecule has 0 aliphatic carbocycles. The molecule has 2 N–H and O–H groups in total. The van der Waals surface area contributed by atoms with Crippen molar-refractivity contribution in [3.8, 4) is 5.75 Å². The van der Waals surface area contributed by atoms with Gasteiger partial charge in [0.15, 0.2) is 0 Å². The molecule has 0 bridgehead atoms. The molecule has 0 spiro atoms. The first-order chi connectivity index (χ1) is 16.1. The Hall–Kier alpha value is -3.81. The minimum Gasteiger partial charge on any atom is -0.493 e. The average Bonchev–Trinajstić information content (AvgIpc) is 2.79. The van der Waals surface area contributed by atoms with Crippen LogP contribution >= 0.6 is 0 Å². The van der Waals surface area contributed by atoms with E-state index in [1.54, 1.807) is 36.4 Å². The molecule has 0 heterocycles. The third-order valence-electron chi connectivity index (χ3n) is 4.91. The summed E-state index contributed by atoms with van der Waals surface area (Å²) in [4.78, 5) is 25.4. The lowest BCUT2D eigenvalue weighted by molar-refractivity contribution is -0.137. The summed E-state index contributed by atoms with van der Waals surface area (Å²) >= 11 is 0. The third-order valence-corrected chi connectivity index (χ3v) is 4.91. The van der Waals surface area contributed by atoms with Crippen LogP contribution in [0, 0.1) is 5.92 Å². The summed E-state index contributed by atoms with van der Waals surface area (Å²) in [7, 11) is 0. The van der Waals surface area contributed by atoms with Gasteiger partial charge in [0, 0.05) is 16.9 Å². The van der Waals surface area contributed by atoms with Crippen LogP contribution in [-0.4, -0.2) is 18.4 Å². The number of ether oxygens (including phenoxy) is 1. The maximum Gasteiger partial charge on any atom is 0.416 e. The number of amides is 2. The molecule has 0 fully saturated rings. The van der Waals surface area contributed by atoms with Crippen LogP contribution in [0.4, 0.5) is 24.5 Å². The third kappa shape index (κ3) is 6.84. The first-order valence-corrected chi connectivity index (χ1v) is 10.8. The topological polar surface area (TPSA) is 67.4 Å². The number of carbonyl (C=O) groups is 2. The standard InChI is InChI=1S/C26H25F3N2O3/c1-17(2)13-14-34-23-12-4-3-11-22(23)25(33)31-20-9-5-7-18(15-20)24(32)30-21-10-6-8-19(16-21)26(27,28)29/h3-12,15-17H,13-14H2,1-2H3,(H,30,32)(H,31,33). The van der Waals surface area contributed by atoms with Crippen molar-refractivity contribution >= 4 is 23.2 Å². The first-order valence-electron chi connectivity index (χ1n) is 10.8. The highest BCUT2D eigenvalue weighted by atomic mass is 19.4. The molecule has 0 atom stereocenters. The van der Waals surface area contributed by atoms with Gasteiger partial charge in [-0.2, -0.15) is 13.2 Å². The van der Waals surface area contributed by atoms with Crippen molar-refractivity contribution in [2.75, 3.05) is 17.2 Å². The minimum atomic E-state index is -4.51. The van der Waals surface area contributed by atoms with E-state index in [4.69, 9.17) is 4.74 Å². The number of halogens is 3. The van der Waals surface area contributed by atoms with Crippen LogP contribution in [0.2, 0.25) is 0 Å². The highest BCUT2D eigenvalue weighted by molar-refractivity contribution is 6.08. The summed E-state index contributed by atoms with van der Waals surface area (Å²) in [6.45, 7) is 4.64. The van der Waals surface area contributed by atoms with Gasteiger partial charge >= 0.3 is 6.18 Å². The Labute approximate surface area is 195 Å². The van der Waals surface area contributed by atoms with E-state index >= 15 is 0 Å². The largest absolute Gasteiger partial charge is 0.493 e. The van der Waals surface area contributed by atoms with Crippen LogP contribution in [0.25, 0.3) is 0 Å². The van der Waals surface area contributed by atoms with Crippen molar-refractivity contribution in [2.45, 2.75) is 26.4 Å². The van der Waals surface area contributed by atoms with Gasteiger partial charge < -0.3 is 15.4 Å². The summed E-state index contributed by atoms with van der Waals surface area (Å²) in [6, 6.07) is 17.4. The van der Waals surface area contributed by atoms with Crippen LogP contribution < -0.4 is 15.4 Å². The van der Waals surface area contributed by atoms with E-state index in [9.17, 15) is 22.8 Å². The number of hydrogen-bond acceptors (Lipinski definition) is 3. The second kappa shape index (κ2) is 10.9. The first kappa shape index (κ1) is 24.8. The fourth-order valence-electron chi connectivity index (χ4n) is 3.10. The zero-order valence-electron chi connectivity index (χ0n) is 18.8. The monoisotopic (exact) mass is 470 g/mol. The zero-order chi connectivity index (χ0) is 24.7. The molecule has 5 nitrogen and oxygen atoms in total. The van der Waals surface area contributed by atoms with E-state index in [0.717, 1.165) is 18.6 Å². The van der Waals surface area contributed by atoms with Gasteiger partial charge in [-0.3, -0.25) is 9.59 Å². The molecule has 0 unspecified atom stereocenters. The van der Waals surface area contributed by atoms with Gasteiger partial charge in [0.2, 0.25) is 0 Å². The Balaban J connectivity index is 1.70. The lowest BCUT2D eigenvalue weighted by atomic mass is 10.1. The molecule has 0 saturated heterocycles. The van der Waals surface area contributed by atoms with Crippen LogP contribution in [-0.2, 0) is 6.18 Å². The molecule has 0 aliphatic heterocycles. The van der Waals surface area contributed by atoms with Crippen LogP contribution in [0.3, 0.4) is 0 Å². The molecule has 3 rings (SSSR count). The summed E-state index contributed by atoms with van der Waals surface area (Å²) in [6.07, 6.45) is -3.67. The Kier molecular flexibility index (Phi) is 7.94. The predicted molar refractivity (Wildman–Crippen MR) is 125 cm³/mol. The number of benzene rings is 3. The molecular formula is C26H25F3N2O3. The van der Waals surface area contributed by atoms with Crippen molar-refractivity contribution in [1.29, 1.82) is 0 Å². The number of para-hydroxylation sites is 1. The second-order valence-electron chi connectivity index (χ2n) is 8.09. The Morgan fingerprint density at radius 1 is 0.853 bits per heavy atom. The van der Waals surface area contributed by atoms with Crippen molar-refractivity contribution in [3.05, 3.63) is 89.5 Å². The summed E-state index contributed by atoms with van der Waals surface area (Å²) in [5.41, 5.74) is 0.0442. The molecule has 0 aliphatic rings. The molecule has 34 heavy (non-hydrogen) atoms. The molecule has 2 amide bonds. The Morgan fingerprint density at radius 3 is 2.21 bits per heavy atom. The number of hydrogen-bond donors (Lipinski definition) is 2. The molecular weight excluding hydrogens is 445 g/mol. The molecule has 8 heteroatoms. The number of alkyl halides is 3. The van der Waals surface area contributed by atoms with E-state index < -0.39 is 23.6 Å². The quantitative estimate of drug-likeness (QED) is 0.388. The maximum absolute atomic E-state index is 12.9. The number of rotatable bonds is 8. The van der Waals surface area contributed by atoms with Gasteiger partial charge in [0.1, 0.15) is 5.75 Å². The fraction of sp³-hybridized carbons (Fsp3) is 0.231. The SMILES string of the molecule is CC(C)CCOc1ccccc1C(=O)Nc1cccc(C(=O)Nc2cccc(C(F)(F)F)c2)c1. The van der Waals surface area contributed by atoms with E-state index in [-0.39, 0.29) is 11.3 Å². The highest BCUT2D eigenvalue weighted by Crippen LogP contribution is 2.30. The highest BCUT2D eigenvalue weighted by Gasteiger charge is 2.30. The predicted octanol–water partition coefficient (Wildman–Crippen LogP) is 6.63.